The van der Waals surface area contributed by atoms with Crippen molar-refractivity contribution in [2.45, 2.75) is 25.2 Å². The summed E-state index contributed by atoms with van der Waals surface area (Å²) in [5, 5.41) is 39.3. The Kier molecular flexibility index (Phi) is 5.28. The second kappa shape index (κ2) is 7.92. The molecule has 0 bridgehead atoms. The number of fused-ring (bicyclic) bond motifs is 1. The number of hydrogen-bond acceptors (Lipinski definition) is 6. The molecular weight excluding hydrogens is 417 g/mol. The number of benzene rings is 3. The highest BCUT2D eigenvalue weighted by atomic mass is 19.2. The molecule has 4 N–H and O–H groups in total. The van der Waals surface area contributed by atoms with Gasteiger partial charge in [-0.15, -0.1) is 0 Å². The Morgan fingerprint density at radius 2 is 1.58 bits per heavy atom. The van der Waals surface area contributed by atoms with Crippen LogP contribution in [0.3, 0.4) is 0 Å². The van der Waals surface area contributed by atoms with Crippen LogP contribution in [0.5, 0.6) is 28.7 Å². The minimum absolute atomic E-state index is 0.0458. The molecule has 3 aromatic carbocycles. The van der Waals surface area contributed by atoms with Crippen LogP contribution in [0.2, 0.25) is 0 Å². The van der Waals surface area contributed by atoms with Crippen molar-refractivity contribution in [2.24, 2.45) is 0 Å². The third-order valence-electron chi connectivity index (χ3n) is 5.00. The highest BCUT2D eigenvalue weighted by Crippen LogP contribution is 2.44. The maximum atomic E-state index is 13.5. The Labute approximate surface area is 174 Å². The van der Waals surface area contributed by atoms with E-state index < -0.39 is 35.4 Å². The van der Waals surface area contributed by atoms with Gasteiger partial charge in [0.2, 0.25) is 0 Å². The lowest BCUT2D eigenvalue weighted by Gasteiger charge is -2.34. The number of phenolic OH excluding ortho intramolecular Hbond substituents is 4. The zero-order valence-corrected chi connectivity index (χ0v) is 15.8. The van der Waals surface area contributed by atoms with Gasteiger partial charge in [0.15, 0.2) is 35.1 Å². The summed E-state index contributed by atoms with van der Waals surface area (Å²) in [6.07, 6.45) is -1.57. The van der Waals surface area contributed by atoms with Gasteiger partial charge in [0.05, 0.1) is 6.61 Å². The van der Waals surface area contributed by atoms with Gasteiger partial charge in [-0.1, -0.05) is 6.07 Å². The number of rotatable bonds is 4. The molecule has 1 aliphatic heterocycles. The molecule has 31 heavy (non-hydrogen) atoms. The second-order valence-electron chi connectivity index (χ2n) is 7.16. The van der Waals surface area contributed by atoms with E-state index in [1.54, 1.807) is 0 Å². The lowest BCUT2D eigenvalue weighted by atomic mass is 9.93. The minimum atomic E-state index is -1.58. The number of halogens is 3. The lowest BCUT2D eigenvalue weighted by molar-refractivity contribution is -0.0468. The van der Waals surface area contributed by atoms with Crippen LogP contribution in [0.15, 0.2) is 42.5 Å². The molecule has 0 amide bonds. The Morgan fingerprint density at radius 1 is 0.871 bits per heavy atom. The smallest absolute Gasteiger partial charge is 0.194 e. The lowest BCUT2D eigenvalue weighted by Crippen LogP contribution is -2.33. The summed E-state index contributed by atoms with van der Waals surface area (Å²) in [6, 6.07) is 8.08. The van der Waals surface area contributed by atoms with E-state index in [-0.39, 0.29) is 41.6 Å². The van der Waals surface area contributed by atoms with Crippen molar-refractivity contribution in [1.29, 1.82) is 0 Å². The summed E-state index contributed by atoms with van der Waals surface area (Å²) in [5.41, 5.74) is 0.799. The van der Waals surface area contributed by atoms with Gasteiger partial charge in [-0.25, -0.2) is 13.2 Å². The molecule has 0 fully saturated rings. The van der Waals surface area contributed by atoms with Crippen molar-refractivity contribution < 1.29 is 43.1 Å². The van der Waals surface area contributed by atoms with Gasteiger partial charge in [-0.2, -0.15) is 0 Å². The zero-order chi connectivity index (χ0) is 22.3. The molecule has 0 saturated heterocycles. The van der Waals surface area contributed by atoms with Gasteiger partial charge in [-0.05, 0) is 35.4 Å². The summed E-state index contributed by atoms with van der Waals surface area (Å²) in [4.78, 5) is 0. The van der Waals surface area contributed by atoms with Crippen LogP contribution >= 0.6 is 0 Å². The molecule has 1 heterocycles. The standard InChI is InChI=1S/C22H17F3O6/c23-14-3-10(4-15(24)21(14)25)9-30-20-8-13-17(28)6-12(26)7-19(13)31-22(20)11-1-2-16(27)18(29)5-11/h1-7,20,22,26-29H,8-9H2/t20-,22+/m0/s1. The van der Waals surface area contributed by atoms with E-state index in [0.717, 1.165) is 18.2 Å². The summed E-state index contributed by atoms with van der Waals surface area (Å²) in [6.45, 7) is -0.295. The number of ether oxygens (including phenoxy) is 2. The monoisotopic (exact) mass is 434 g/mol. The van der Waals surface area contributed by atoms with E-state index in [0.29, 0.717) is 11.1 Å². The summed E-state index contributed by atoms with van der Waals surface area (Å²) < 4.78 is 51.9. The first kappa shape index (κ1) is 20.7. The van der Waals surface area contributed by atoms with Crippen LogP contribution in [-0.4, -0.2) is 26.5 Å². The van der Waals surface area contributed by atoms with Crippen LogP contribution in [0.4, 0.5) is 13.2 Å². The van der Waals surface area contributed by atoms with Crippen molar-refractivity contribution in [3.05, 3.63) is 76.6 Å². The molecule has 9 heteroatoms. The fourth-order valence-electron chi connectivity index (χ4n) is 3.49. The van der Waals surface area contributed by atoms with Crippen LogP contribution in [0.1, 0.15) is 22.8 Å². The quantitative estimate of drug-likeness (QED) is 0.363. The van der Waals surface area contributed by atoms with Gasteiger partial charge in [-0.3, -0.25) is 0 Å². The van der Waals surface area contributed by atoms with Crippen molar-refractivity contribution in [3.63, 3.8) is 0 Å². The zero-order valence-electron chi connectivity index (χ0n) is 15.8. The van der Waals surface area contributed by atoms with Crippen LogP contribution < -0.4 is 4.74 Å². The molecule has 0 aliphatic carbocycles. The van der Waals surface area contributed by atoms with Crippen molar-refractivity contribution in [1.82, 2.24) is 0 Å². The first-order chi connectivity index (χ1) is 14.7. The molecule has 6 nitrogen and oxygen atoms in total. The van der Waals surface area contributed by atoms with Gasteiger partial charge >= 0.3 is 0 Å². The largest absolute Gasteiger partial charge is 0.508 e. The van der Waals surface area contributed by atoms with Gasteiger partial charge in [0.25, 0.3) is 0 Å². The fraction of sp³-hybridized carbons (Fsp3) is 0.182. The third-order valence-corrected chi connectivity index (χ3v) is 5.00. The summed E-state index contributed by atoms with van der Waals surface area (Å²) in [5.74, 6) is -5.28. The average molecular weight is 434 g/mol. The maximum Gasteiger partial charge on any atom is 0.194 e. The van der Waals surface area contributed by atoms with E-state index in [9.17, 15) is 33.6 Å². The summed E-state index contributed by atoms with van der Waals surface area (Å²) >= 11 is 0. The third kappa shape index (κ3) is 4.04. The first-order valence-electron chi connectivity index (χ1n) is 9.21. The predicted molar refractivity (Wildman–Crippen MR) is 102 cm³/mol. The van der Waals surface area contributed by atoms with E-state index in [1.807, 2.05) is 0 Å². The normalized spacial score (nSPS) is 17.8. The molecule has 2 atom stereocenters. The Hall–Kier alpha value is -3.59. The Bertz CT molecular complexity index is 1130. The van der Waals surface area contributed by atoms with Gasteiger partial charge in [0.1, 0.15) is 23.4 Å². The molecular formula is C22H17F3O6. The van der Waals surface area contributed by atoms with E-state index >= 15 is 0 Å². The first-order valence-corrected chi connectivity index (χ1v) is 9.21. The van der Waals surface area contributed by atoms with E-state index in [4.69, 9.17) is 9.47 Å². The minimum Gasteiger partial charge on any atom is -0.508 e. The second-order valence-corrected chi connectivity index (χ2v) is 7.16. The predicted octanol–water partition coefficient (Wildman–Crippen LogP) is 4.19. The molecule has 162 valence electrons. The molecule has 1 aliphatic rings. The highest BCUT2D eigenvalue weighted by Gasteiger charge is 2.34. The SMILES string of the molecule is Oc1cc(O)c2c(c1)O[C@H](c1ccc(O)c(O)c1)[C@@H](OCc1cc(F)c(F)c(F)c1)C2. The Balaban J connectivity index is 1.67. The van der Waals surface area contributed by atoms with Crippen molar-refractivity contribution >= 4 is 0 Å². The summed E-state index contributed by atoms with van der Waals surface area (Å²) in [7, 11) is 0. The van der Waals surface area contributed by atoms with Crippen molar-refractivity contribution in [3.8, 4) is 28.7 Å². The molecule has 4 rings (SSSR count). The molecule has 0 spiro atoms. The number of hydrogen-bond donors (Lipinski definition) is 4. The van der Waals surface area contributed by atoms with Crippen molar-refractivity contribution in [2.75, 3.05) is 0 Å². The van der Waals surface area contributed by atoms with E-state index in [2.05, 4.69) is 0 Å². The van der Waals surface area contributed by atoms with Crippen LogP contribution in [0.25, 0.3) is 0 Å². The number of phenols is 4. The fourth-order valence-corrected chi connectivity index (χ4v) is 3.49. The van der Waals surface area contributed by atoms with Crippen LogP contribution in [-0.2, 0) is 17.8 Å². The Morgan fingerprint density at radius 3 is 2.26 bits per heavy atom. The van der Waals surface area contributed by atoms with E-state index in [1.165, 1.54) is 24.3 Å². The maximum absolute atomic E-state index is 13.5. The molecule has 0 unspecified atom stereocenters. The molecule has 3 aromatic rings. The molecule has 0 aromatic heterocycles. The topological polar surface area (TPSA) is 99.4 Å². The molecule has 0 radical (unpaired) electrons. The highest BCUT2D eigenvalue weighted by molar-refractivity contribution is 5.52. The molecule has 0 saturated carbocycles. The van der Waals surface area contributed by atoms with Gasteiger partial charge < -0.3 is 29.9 Å². The number of aromatic hydroxyl groups is 4. The van der Waals surface area contributed by atoms with Gasteiger partial charge in [0, 0.05) is 24.1 Å². The average Bonchev–Trinajstić information content (AvgIpc) is 2.72. The van der Waals surface area contributed by atoms with Crippen LogP contribution in [0, 0.1) is 17.5 Å².